The Kier molecular flexibility index (Phi) is 5.54. The van der Waals surface area contributed by atoms with Gasteiger partial charge in [0.2, 0.25) is 0 Å². The van der Waals surface area contributed by atoms with Crippen molar-refractivity contribution in [1.29, 1.82) is 0 Å². The molecule has 3 rings (SSSR count). The van der Waals surface area contributed by atoms with E-state index in [-0.39, 0.29) is 11.4 Å². The molecule has 0 aliphatic carbocycles. The highest BCUT2D eigenvalue weighted by Gasteiger charge is 2.29. The Morgan fingerprint density at radius 1 is 1.21 bits per heavy atom. The smallest absolute Gasteiger partial charge is 0.271 e. The van der Waals surface area contributed by atoms with Crippen molar-refractivity contribution in [2.45, 2.75) is 33.2 Å². The lowest BCUT2D eigenvalue weighted by Gasteiger charge is -2.42. The number of carbonyl (C=O) groups excluding carboxylic acids is 1. The van der Waals surface area contributed by atoms with Crippen LogP contribution < -0.4 is 15.1 Å². The highest BCUT2D eigenvalue weighted by Crippen LogP contribution is 2.38. The van der Waals surface area contributed by atoms with Gasteiger partial charge < -0.3 is 9.64 Å². The maximum Gasteiger partial charge on any atom is 0.271 e. The lowest BCUT2D eigenvalue weighted by Crippen LogP contribution is -2.44. The minimum absolute atomic E-state index is 0.00617. The molecule has 0 saturated carbocycles. The lowest BCUT2D eigenvalue weighted by atomic mass is 9.88. The molecular formula is C23H27N3O2. The predicted octanol–water partition coefficient (Wildman–Crippen LogP) is 4.48. The van der Waals surface area contributed by atoms with Crippen LogP contribution in [0.3, 0.4) is 0 Å². The minimum Gasteiger partial charge on any atom is -0.497 e. The van der Waals surface area contributed by atoms with Crippen molar-refractivity contribution < 1.29 is 9.53 Å². The number of anilines is 1. The van der Waals surface area contributed by atoms with E-state index in [2.05, 4.69) is 61.3 Å². The monoisotopic (exact) mass is 377 g/mol. The first kappa shape index (κ1) is 19.7. The lowest BCUT2D eigenvalue weighted by molar-refractivity contribution is 0.0955. The van der Waals surface area contributed by atoms with Crippen LogP contribution in [0.15, 0.2) is 53.6 Å². The predicted molar refractivity (Wildman–Crippen MR) is 115 cm³/mol. The summed E-state index contributed by atoms with van der Waals surface area (Å²) in [7, 11) is 1.59. The highest BCUT2D eigenvalue weighted by molar-refractivity contribution is 5.95. The number of amides is 1. The molecule has 2 aromatic rings. The molecular weight excluding hydrogens is 350 g/mol. The number of likely N-dealkylation sites (N-methyl/N-ethyl adjacent to an activating group) is 1. The Balaban J connectivity index is 1.75. The van der Waals surface area contributed by atoms with Crippen LogP contribution in [0.2, 0.25) is 0 Å². The Morgan fingerprint density at radius 2 is 1.93 bits per heavy atom. The summed E-state index contributed by atoms with van der Waals surface area (Å²) in [6.45, 7) is 9.71. The van der Waals surface area contributed by atoms with Crippen LogP contribution in [0, 0.1) is 0 Å². The van der Waals surface area contributed by atoms with Gasteiger partial charge in [0, 0.05) is 23.4 Å². The largest absolute Gasteiger partial charge is 0.497 e. The number of allylic oxidation sites excluding steroid dienone is 1. The van der Waals surface area contributed by atoms with E-state index in [1.807, 2.05) is 6.07 Å². The third-order valence-corrected chi connectivity index (χ3v) is 5.05. The molecule has 0 aromatic heterocycles. The molecule has 5 heteroatoms. The highest BCUT2D eigenvalue weighted by atomic mass is 16.5. The second-order valence-corrected chi connectivity index (χ2v) is 7.43. The zero-order valence-electron chi connectivity index (χ0n) is 17.1. The van der Waals surface area contributed by atoms with Gasteiger partial charge >= 0.3 is 0 Å². The molecule has 1 N–H and O–H groups in total. The summed E-state index contributed by atoms with van der Waals surface area (Å²) in [6, 6.07) is 13.2. The summed E-state index contributed by atoms with van der Waals surface area (Å²) in [5.41, 5.74) is 7.72. The Labute approximate surface area is 166 Å². The van der Waals surface area contributed by atoms with Gasteiger partial charge in [-0.1, -0.05) is 12.1 Å². The SMILES string of the molecule is CCN1c2ccc(/C=N/NC(=O)c3ccc(OC)cc3)cc2C(C)=CC1(C)C. The van der Waals surface area contributed by atoms with Gasteiger partial charge in [-0.3, -0.25) is 4.79 Å². The summed E-state index contributed by atoms with van der Waals surface area (Å²) < 4.78 is 5.10. The fraction of sp³-hybridized carbons (Fsp3) is 0.304. The molecule has 28 heavy (non-hydrogen) atoms. The zero-order chi connectivity index (χ0) is 20.3. The van der Waals surface area contributed by atoms with Crippen molar-refractivity contribution in [2.24, 2.45) is 5.10 Å². The van der Waals surface area contributed by atoms with Gasteiger partial charge in [0.15, 0.2) is 0 Å². The first-order valence-electron chi connectivity index (χ1n) is 9.44. The first-order valence-corrected chi connectivity index (χ1v) is 9.44. The number of nitrogens with one attached hydrogen (secondary N) is 1. The maximum atomic E-state index is 12.2. The number of fused-ring (bicyclic) bond motifs is 1. The standard InChI is InChI=1S/C23H27N3O2/c1-6-26-21-12-7-17(13-20(21)16(2)14-23(26,3)4)15-24-25-22(27)18-8-10-19(28-5)11-9-18/h7-15H,6H2,1-5H3,(H,25,27)/b24-15+. The van der Waals surface area contributed by atoms with Crippen LogP contribution in [0.4, 0.5) is 5.69 Å². The molecule has 1 aliphatic heterocycles. The quantitative estimate of drug-likeness (QED) is 0.617. The first-order chi connectivity index (χ1) is 13.4. The third-order valence-electron chi connectivity index (χ3n) is 5.05. The summed E-state index contributed by atoms with van der Waals surface area (Å²) in [4.78, 5) is 14.6. The third kappa shape index (κ3) is 3.93. The van der Waals surface area contributed by atoms with E-state index in [1.165, 1.54) is 16.8 Å². The van der Waals surface area contributed by atoms with E-state index in [9.17, 15) is 4.79 Å². The molecule has 1 aliphatic rings. The van der Waals surface area contributed by atoms with Gasteiger partial charge in [0.1, 0.15) is 5.75 Å². The number of hydrogen-bond acceptors (Lipinski definition) is 4. The van der Waals surface area contributed by atoms with Gasteiger partial charge in [-0.2, -0.15) is 5.10 Å². The van der Waals surface area contributed by atoms with Crippen LogP contribution in [0.1, 0.15) is 49.2 Å². The molecule has 2 aromatic carbocycles. The van der Waals surface area contributed by atoms with Gasteiger partial charge in [-0.25, -0.2) is 5.43 Å². The van der Waals surface area contributed by atoms with Crippen molar-refractivity contribution in [3.63, 3.8) is 0 Å². The zero-order valence-corrected chi connectivity index (χ0v) is 17.1. The number of rotatable bonds is 5. The molecule has 1 amide bonds. The van der Waals surface area contributed by atoms with Crippen molar-refractivity contribution in [2.75, 3.05) is 18.6 Å². The van der Waals surface area contributed by atoms with Crippen LogP contribution in [0.5, 0.6) is 5.75 Å². The molecule has 0 fully saturated rings. The van der Waals surface area contributed by atoms with Crippen LogP contribution >= 0.6 is 0 Å². The maximum absolute atomic E-state index is 12.2. The number of hydrogen-bond donors (Lipinski definition) is 1. The fourth-order valence-corrected chi connectivity index (χ4v) is 3.73. The van der Waals surface area contributed by atoms with Crippen LogP contribution in [-0.2, 0) is 0 Å². The van der Waals surface area contributed by atoms with Gasteiger partial charge in [0.25, 0.3) is 5.91 Å². The van der Waals surface area contributed by atoms with E-state index >= 15 is 0 Å². The van der Waals surface area contributed by atoms with Crippen LogP contribution in [0.25, 0.3) is 5.57 Å². The van der Waals surface area contributed by atoms with Crippen molar-refractivity contribution in [3.8, 4) is 5.75 Å². The van der Waals surface area contributed by atoms with Crippen molar-refractivity contribution in [3.05, 3.63) is 65.2 Å². The van der Waals surface area contributed by atoms with E-state index in [4.69, 9.17) is 4.74 Å². The van der Waals surface area contributed by atoms with Gasteiger partial charge in [-0.15, -0.1) is 0 Å². The number of methoxy groups -OCH3 is 1. The van der Waals surface area contributed by atoms with Gasteiger partial charge in [0.05, 0.1) is 18.9 Å². The molecule has 0 saturated heterocycles. The molecule has 0 unspecified atom stereocenters. The molecule has 0 spiro atoms. The van der Waals surface area contributed by atoms with Crippen molar-refractivity contribution >= 4 is 23.4 Å². The summed E-state index contributed by atoms with van der Waals surface area (Å²) in [5, 5.41) is 4.11. The molecule has 0 radical (unpaired) electrons. The minimum atomic E-state index is -0.258. The normalized spacial score (nSPS) is 15.2. The van der Waals surface area contributed by atoms with Gasteiger partial charge in [-0.05, 0) is 75.2 Å². The molecule has 5 nitrogen and oxygen atoms in total. The van der Waals surface area contributed by atoms with E-state index < -0.39 is 0 Å². The van der Waals surface area contributed by atoms with Crippen LogP contribution in [-0.4, -0.2) is 31.3 Å². The fourth-order valence-electron chi connectivity index (χ4n) is 3.73. The van der Waals surface area contributed by atoms with E-state index in [0.717, 1.165) is 12.1 Å². The second-order valence-electron chi connectivity index (χ2n) is 7.43. The number of benzene rings is 2. The summed E-state index contributed by atoms with van der Waals surface area (Å²) >= 11 is 0. The van der Waals surface area contributed by atoms with Crippen molar-refractivity contribution in [1.82, 2.24) is 5.43 Å². The molecule has 0 atom stereocenters. The Morgan fingerprint density at radius 3 is 2.57 bits per heavy atom. The topological polar surface area (TPSA) is 53.9 Å². The summed E-state index contributed by atoms with van der Waals surface area (Å²) in [6.07, 6.45) is 3.97. The van der Waals surface area contributed by atoms with E-state index in [0.29, 0.717) is 11.3 Å². The average Bonchev–Trinajstić information content (AvgIpc) is 2.68. The Hall–Kier alpha value is -3.08. The second kappa shape index (κ2) is 7.89. The number of carbonyl (C=O) groups is 1. The number of hydrazone groups is 1. The number of ether oxygens (including phenoxy) is 1. The molecule has 0 bridgehead atoms. The van der Waals surface area contributed by atoms with E-state index in [1.54, 1.807) is 37.6 Å². The molecule has 1 heterocycles. The summed E-state index contributed by atoms with van der Waals surface area (Å²) in [5.74, 6) is 0.452. The number of nitrogens with zero attached hydrogens (tertiary/aromatic N) is 2. The Bertz CT molecular complexity index is 927. The molecule has 146 valence electrons. The average molecular weight is 377 g/mol.